The van der Waals surface area contributed by atoms with Crippen LogP contribution in [0.15, 0.2) is 16.6 Å². The van der Waals surface area contributed by atoms with E-state index < -0.39 is 11.6 Å². The van der Waals surface area contributed by atoms with Crippen LogP contribution in [0.4, 0.5) is 0 Å². The van der Waals surface area contributed by atoms with E-state index in [1.807, 2.05) is 6.92 Å². The van der Waals surface area contributed by atoms with Crippen molar-refractivity contribution in [1.29, 1.82) is 0 Å². The van der Waals surface area contributed by atoms with Crippen molar-refractivity contribution in [1.82, 2.24) is 4.57 Å². The number of aryl methyl sites for hydroxylation is 1. The summed E-state index contributed by atoms with van der Waals surface area (Å²) in [5, 5.41) is 9.82. The number of esters is 1. The number of hydrogen-bond acceptors (Lipinski definition) is 4. The molecule has 0 bridgehead atoms. The second-order valence-corrected chi connectivity index (χ2v) is 6.17. The van der Waals surface area contributed by atoms with Crippen LogP contribution in [0.2, 0.25) is 0 Å². The van der Waals surface area contributed by atoms with Gasteiger partial charge in [0, 0.05) is 36.4 Å². The number of carbonyl (C=O) groups excluding carboxylic acids is 1. The highest BCUT2D eigenvalue weighted by molar-refractivity contribution is 6.19. The zero-order chi connectivity index (χ0) is 17.4. The van der Waals surface area contributed by atoms with Crippen LogP contribution in [0.5, 0.6) is 0 Å². The van der Waals surface area contributed by atoms with Crippen molar-refractivity contribution < 1.29 is 14.6 Å². The number of hydrogen-bond donors (Lipinski definition) is 1. The molecule has 0 saturated carbocycles. The van der Waals surface area contributed by atoms with Gasteiger partial charge < -0.3 is 14.4 Å². The summed E-state index contributed by atoms with van der Waals surface area (Å²) in [6.07, 6.45) is 2.01. The lowest BCUT2D eigenvalue weighted by molar-refractivity contribution is -0.136. The lowest BCUT2D eigenvalue weighted by Crippen LogP contribution is -2.23. The maximum atomic E-state index is 12.4. The summed E-state index contributed by atoms with van der Waals surface area (Å²) in [5.41, 5.74) is 1.55. The van der Waals surface area contributed by atoms with Gasteiger partial charge in [-0.05, 0) is 27.7 Å². The first-order chi connectivity index (χ1) is 10.7. The molecular weight excluding hydrogens is 294 g/mol. The number of aromatic nitrogens is 1. The van der Waals surface area contributed by atoms with E-state index in [9.17, 15) is 14.7 Å². The Morgan fingerprint density at radius 3 is 2.70 bits per heavy atom. The van der Waals surface area contributed by atoms with Gasteiger partial charge in [0.2, 0.25) is 0 Å². The molecule has 0 spiro atoms. The summed E-state index contributed by atoms with van der Waals surface area (Å²) in [5.74, 6) is 5.19. The van der Waals surface area contributed by atoms with E-state index in [4.69, 9.17) is 4.74 Å². The number of aliphatic hydroxyl groups is 1. The summed E-state index contributed by atoms with van der Waals surface area (Å²) >= 11 is 0. The lowest BCUT2D eigenvalue weighted by Gasteiger charge is -2.11. The molecule has 0 fully saturated rings. The highest BCUT2D eigenvalue weighted by Gasteiger charge is 2.30. The first-order valence-electron chi connectivity index (χ1n) is 7.51. The molecule has 0 amide bonds. The van der Waals surface area contributed by atoms with Crippen molar-refractivity contribution in [3.8, 4) is 11.8 Å². The number of fused-ring (bicyclic) bond motifs is 1. The molecule has 1 aliphatic rings. The molecule has 122 valence electrons. The standard InChI is InChI=1S/C18H21NO4/c1-6-23-17(21)14-11(2)9-13-15(14)12(7-8-18(3,4)22)10-19(5)16(13)20/h10,22H,6,9H2,1-5H3. The Labute approximate surface area is 135 Å². The molecule has 1 heterocycles. The monoisotopic (exact) mass is 315 g/mol. The molecule has 1 aromatic heterocycles. The predicted octanol–water partition coefficient (Wildman–Crippen LogP) is 1.40. The van der Waals surface area contributed by atoms with Crippen LogP contribution in [0.1, 0.15) is 44.4 Å². The summed E-state index contributed by atoms with van der Waals surface area (Å²) in [6, 6.07) is 0. The SMILES string of the molecule is CCOC(=O)C1=C(C)Cc2c1c(C#CC(C)(C)O)cn(C)c2=O. The summed E-state index contributed by atoms with van der Waals surface area (Å²) in [7, 11) is 1.65. The number of allylic oxidation sites excluding steroid dienone is 1. The summed E-state index contributed by atoms with van der Waals surface area (Å²) < 4.78 is 6.57. The van der Waals surface area contributed by atoms with Gasteiger partial charge in [-0.3, -0.25) is 4.79 Å². The molecule has 1 N–H and O–H groups in total. The predicted molar refractivity (Wildman–Crippen MR) is 87.8 cm³/mol. The van der Waals surface area contributed by atoms with Gasteiger partial charge in [0.05, 0.1) is 12.2 Å². The molecule has 23 heavy (non-hydrogen) atoms. The second-order valence-electron chi connectivity index (χ2n) is 6.17. The normalized spacial score (nSPS) is 13.5. The minimum Gasteiger partial charge on any atom is -0.462 e. The van der Waals surface area contributed by atoms with Crippen LogP contribution in [-0.2, 0) is 23.0 Å². The van der Waals surface area contributed by atoms with Crippen molar-refractivity contribution in [2.45, 2.75) is 39.7 Å². The van der Waals surface area contributed by atoms with Gasteiger partial charge >= 0.3 is 5.97 Å². The minimum atomic E-state index is -1.16. The van der Waals surface area contributed by atoms with Gasteiger partial charge in [0.25, 0.3) is 5.56 Å². The number of carbonyl (C=O) groups is 1. The molecule has 0 aromatic carbocycles. The highest BCUT2D eigenvalue weighted by atomic mass is 16.5. The zero-order valence-corrected chi connectivity index (χ0v) is 14.1. The Bertz CT molecular complexity index is 810. The fraction of sp³-hybridized carbons (Fsp3) is 0.444. The fourth-order valence-electron chi connectivity index (χ4n) is 2.61. The minimum absolute atomic E-state index is 0.146. The topological polar surface area (TPSA) is 68.5 Å². The van der Waals surface area contributed by atoms with Crippen LogP contribution in [-0.4, -0.2) is 27.9 Å². The highest BCUT2D eigenvalue weighted by Crippen LogP contribution is 2.34. The molecule has 0 radical (unpaired) electrons. The molecule has 0 atom stereocenters. The van der Waals surface area contributed by atoms with Gasteiger partial charge in [-0.15, -0.1) is 0 Å². The van der Waals surface area contributed by atoms with E-state index in [-0.39, 0.29) is 12.2 Å². The Morgan fingerprint density at radius 1 is 1.48 bits per heavy atom. The average molecular weight is 315 g/mol. The molecule has 5 heteroatoms. The van der Waals surface area contributed by atoms with Gasteiger partial charge in [0.15, 0.2) is 0 Å². The van der Waals surface area contributed by atoms with Gasteiger partial charge in [0.1, 0.15) is 5.60 Å². The molecule has 1 aromatic rings. The molecule has 2 rings (SSSR count). The maximum Gasteiger partial charge on any atom is 0.338 e. The largest absolute Gasteiger partial charge is 0.462 e. The van der Waals surface area contributed by atoms with Crippen LogP contribution in [0, 0.1) is 11.8 Å². The number of ether oxygens (including phenoxy) is 1. The third kappa shape index (κ3) is 3.38. The molecule has 1 aliphatic carbocycles. The maximum absolute atomic E-state index is 12.4. The van der Waals surface area contributed by atoms with Crippen LogP contribution >= 0.6 is 0 Å². The molecule has 0 saturated heterocycles. The van der Waals surface area contributed by atoms with Crippen LogP contribution in [0.25, 0.3) is 5.57 Å². The molecular formula is C18H21NO4. The Kier molecular flexibility index (Phi) is 4.49. The van der Waals surface area contributed by atoms with E-state index in [0.717, 1.165) is 5.57 Å². The van der Waals surface area contributed by atoms with Crippen molar-refractivity contribution in [3.63, 3.8) is 0 Å². The quantitative estimate of drug-likeness (QED) is 0.662. The molecule has 0 aliphatic heterocycles. The lowest BCUT2D eigenvalue weighted by atomic mass is 10.00. The van der Waals surface area contributed by atoms with Crippen LogP contribution in [0.3, 0.4) is 0 Å². The number of pyridine rings is 1. The van der Waals surface area contributed by atoms with Crippen LogP contribution < -0.4 is 5.56 Å². The van der Waals surface area contributed by atoms with Gasteiger partial charge in [-0.1, -0.05) is 17.4 Å². The number of rotatable bonds is 2. The summed E-state index contributed by atoms with van der Waals surface area (Å²) in [6.45, 7) is 6.98. The smallest absolute Gasteiger partial charge is 0.338 e. The Hall–Kier alpha value is -2.32. The first kappa shape index (κ1) is 17.0. The molecule has 0 unspecified atom stereocenters. The molecule has 5 nitrogen and oxygen atoms in total. The number of nitrogens with zero attached hydrogens (tertiary/aromatic N) is 1. The summed E-state index contributed by atoms with van der Waals surface area (Å²) in [4.78, 5) is 24.7. The average Bonchev–Trinajstić information content (AvgIpc) is 2.78. The van der Waals surface area contributed by atoms with Gasteiger partial charge in [-0.25, -0.2) is 4.79 Å². The fourth-order valence-corrected chi connectivity index (χ4v) is 2.61. The van der Waals surface area contributed by atoms with Crippen molar-refractivity contribution in [3.05, 3.63) is 38.8 Å². The van der Waals surface area contributed by atoms with E-state index in [1.54, 1.807) is 34.0 Å². The van der Waals surface area contributed by atoms with E-state index >= 15 is 0 Å². The second kappa shape index (κ2) is 6.05. The van der Waals surface area contributed by atoms with Crippen molar-refractivity contribution in [2.75, 3.05) is 6.61 Å². The third-order valence-electron chi connectivity index (χ3n) is 3.57. The van der Waals surface area contributed by atoms with Crippen molar-refractivity contribution in [2.24, 2.45) is 7.05 Å². The third-order valence-corrected chi connectivity index (χ3v) is 3.57. The van der Waals surface area contributed by atoms with E-state index in [1.165, 1.54) is 4.57 Å². The Balaban J connectivity index is 2.70. The van der Waals surface area contributed by atoms with Gasteiger partial charge in [-0.2, -0.15) is 0 Å². The van der Waals surface area contributed by atoms with E-state index in [0.29, 0.717) is 28.7 Å². The van der Waals surface area contributed by atoms with Crippen molar-refractivity contribution >= 4 is 11.5 Å². The Morgan fingerprint density at radius 2 is 2.13 bits per heavy atom. The zero-order valence-electron chi connectivity index (χ0n) is 14.1. The first-order valence-corrected chi connectivity index (χ1v) is 7.51. The van der Waals surface area contributed by atoms with E-state index in [2.05, 4.69) is 11.8 Å².